The number of anilines is 1. The Morgan fingerprint density at radius 2 is 1.58 bits per heavy atom. The summed E-state index contributed by atoms with van der Waals surface area (Å²) in [5.41, 5.74) is 4.29. The molecule has 0 aliphatic heterocycles. The van der Waals surface area contributed by atoms with Gasteiger partial charge in [-0.2, -0.15) is 0 Å². The van der Waals surface area contributed by atoms with E-state index in [1.54, 1.807) is 43.5 Å². The van der Waals surface area contributed by atoms with Crippen molar-refractivity contribution >= 4 is 21.6 Å². The van der Waals surface area contributed by atoms with Crippen LogP contribution in [0.25, 0.3) is 0 Å². The van der Waals surface area contributed by atoms with Gasteiger partial charge < -0.3 is 10.1 Å². The average Bonchev–Trinajstić information content (AvgIpc) is 2.79. The Labute approximate surface area is 196 Å². The van der Waals surface area contributed by atoms with E-state index in [1.807, 2.05) is 58.0 Å². The van der Waals surface area contributed by atoms with E-state index in [0.29, 0.717) is 5.69 Å². The van der Waals surface area contributed by atoms with Crippen LogP contribution in [0.2, 0.25) is 0 Å². The lowest BCUT2D eigenvalue weighted by molar-refractivity contribution is -0.120. The molecule has 6 nitrogen and oxygen atoms in total. The molecule has 0 unspecified atom stereocenters. The smallest absolute Gasteiger partial charge is 0.264 e. The molecule has 3 aromatic carbocycles. The fourth-order valence-electron chi connectivity index (χ4n) is 3.43. The molecule has 1 N–H and O–H groups in total. The third-order valence-electron chi connectivity index (χ3n) is 5.67. The van der Waals surface area contributed by atoms with Crippen LogP contribution in [0.3, 0.4) is 0 Å². The van der Waals surface area contributed by atoms with E-state index < -0.39 is 15.9 Å². The zero-order chi connectivity index (χ0) is 24.2. The maximum absolute atomic E-state index is 13.5. The molecule has 7 heteroatoms. The molecule has 174 valence electrons. The van der Waals surface area contributed by atoms with Crippen LogP contribution in [0, 0.1) is 20.8 Å². The van der Waals surface area contributed by atoms with Gasteiger partial charge in [-0.25, -0.2) is 8.42 Å². The monoisotopic (exact) mass is 466 g/mol. The number of hydrogen-bond donors (Lipinski definition) is 1. The number of carbonyl (C=O) groups is 1. The van der Waals surface area contributed by atoms with E-state index in [4.69, 9.17) is 4.74 Å². The quantitative estimate of drug-likeness (QED) is 0.522. The largest absolute Gasteiger partial charge is 0.497 e. The lowest BCUT2D eigenvalue weighted by Gasteiger charge is -2.26. The first-order chi connectivity index (χ1) is 15.6. The van der Waals surface area contributed by atoms with Crippen molar-refractivity contribution in [2.75, 3.05) is 18.0 Å². The van der Waals surface area contributed by atoms with E-state index >= 15 is 0 Å². The number of amides is 1. The van der Waals surface area contributed by atoms with Crippen LogP contribution in [-0.2, 0) is 14.8 Å². The van der Waals surface area contributed by atoms with E-state index in [-0.39, 0.29) is 17.5 Å². The molecule has 3 aromatic rings. The number of ether oxygens (including phenoxy) is 1. The summed E-state index contributed by atoms with van der Waals surface area (Å²) in [6, 6.07) is 19.1. The highest BCUT2D eigenvalue weighted by Gasteiger charge is 2.28. The predicted octanol–water partition coefficient (Wildman–Crippen LogP) is 4.69. The van der Waals surface area contributed by atoms with Crippen LogP contribution in [-0.4, -0.2) is 28.0 Å². The highest BCUT2D eigenvalue weighted by Crippen LogP contribution is 2.26. The summed E-state index contributed by atoms with van der Waals surface area (Å²) in [5.74, 6) is 0.328. The van der Waals surface area contributed by atoms with Crippen LogP contribution in [0.1, 0.15) is 35.2 Å². The second-order valence-corrected chi connectivity index (χ2v) is 10.0. The van der Waals surface area contributed by atoms with Crippen molar-refractivity contribution in [1.82, 2.24) is 5.32 Å². The number of rotatable bonds is 8. The number of nitrogens with one attached hydrogen (secondary N) is 1. The van der Waals surface area contributed by atoms with Crippen LogP contribution >= 0.6 is 0 Å². The summed E-state index contributed by atoms with van der Waals surface area (Å²) in [4.78, 5) is 13.1. The molecule has 0 bridgehead atoms. The standard InChI is InChI=1S/C26H30N2O4S/c1-18-6-14-25(15-7-18)33(30,31)28(23-11-8-19(2)20(3)16-23)17-26(29)27-21(4)22-9-12-24(32-5)13-10-22/h6-16,21H,17H2,1-5H3,(H,27,29)/t21-/m0/s1. The van der Waals surface area contributed by atoms with Gasteiger partial charge in [0.2, 0.25) is 5.91 Å². The Hall–Kier alpha value is -3.32. The Kier molecular flexibility index (Phi) is 7.43. The SMILES string of the molecule is COc1ccc([C@H](C)NC(=O)CN(c2ccc(C)c(C)c2)S(=O)(=O)c2ccc(C)cc2)cc1. The molecule has 3 rings (SSSR count). The molecule has 0 aromatic heterocycles. The van der Waals surface area contributed by atoms with Gasteiger partial charge >= 0.3 is 0 Å². The minimum atomic E-state index is -3.95. The maximum atomic E-state index is 13.5. The number of benzene rings is 3. The summed E-state index contributed by atoms with van der Waals surface area (Å²) < 4.78 is 33.4. The Balaban J connectivity index is 1.89. The molecule has 0 spiro atoms. The van der Waals surface area contributed by atoms with Gasteiger partial charge in [0.25, 0.3) is 10.0 Å². The Morgan fingerprint density at radius 3 is 2.15 bits per heavy atom. The van der Waals surface area contributed by atoms with Crippen LogP contribution < -0.4 is 14.4 Å². The topological polar surface area (TPSA) is 75.7 Å². The van der Waals surface area contributed by atoms with E-state index in [9.17, 15) is 13.2 Å². The molecule has 0 fully saturated rings. The van der Waals surface area contributed by atoms with Gasteiger partial charge in [-0.3, -0.25) is 9.10 Å². The van der Waals surface area contributed by atoms with E-state index in [2.05, 4.69) is 5.32 Å². The summed E-state index contributed by atoms with van der Waals surface area (Å²) >= 11 is 0. The summed E-state index contributed by atoms with van der Waals surface area (Å²) in [6.45, 7) is 7.29. The van der Waals surface area contributed by atoms with Crippen LogP contribution in [0.5, 0.6) is 5.75 Å². The van der Waals surface area contributed by atoms with Gasteiger partial charge in [0.05, 0.1) is 23.7 Å². The molecule has 0 saturated carbocycles. The molecule has 0 aliphatic carbocycles. The Bertz CT molecular complexity index is 1220. The van der Waals surface area contributed by atoms with Gasteiger partial charge in [0, 0.05) is 0 Å². The minimum Gasteiger partial charge on any atom is -0.497 e. The van der Waals surface area contributed by atoms with Gasteiger partial charge in [-0.15, -0.1) is 0 Å². The lowest BCUT2D eigenvalue weighted by atomic mass is 10.1. The van der Waals surface area contributed by atoms with Crippen LogP contribution in [0.15, 0.2) is 71.6 Å². The lowest BCUT2D eigenvalue weighted by Crippen LogP contribution is -2.41. The van der Waals surface area contributed by atoms with Crippen molar-refractivity contribution in [2.45, 2.75) is 38.6 Å². The van der Waals surface area contributed by atoms with Crippen molar-refractivity contribution in [1.29, 1.82) is 0 Å². The maximum Gasteiger partial charge on any atom is 0.264 e. The molecule has 1 amide bonds. The van der Waals surface area contributed by atoms with Crippen molar-refractivity contribution in [3.05, 3.63) is 89.0 Å². The molecular weight excluding hydrogens is 436 g/mol. The van der Waals surface area contributed by atoms with Crippen molar-refractivity contribution in [3.63, 3.8) is 0 Å². The number of methoxy groups -OCH3 is 1. The van der Waals surface area contributed by atoms with E-state index in [1.165, 1.54) is 4.31 Å². The number of hydrogen-bond acceptors (Lipinski definition) is 4. The molecule has 0 heterocycles. The van der Waals surface area contributed by atoms with Crippen molar-refractivity contribution in [3.8, 4) is 5.75 Å². The fraction of sp³-hybridized carbons (Fsp3) is 0.269. The molecule has 33 heavy (non-hydrogen) atoms. The van der Waals surface area contributed by atoms with Gasteiger partial charge in [0.1, 0.15) is 12.3 Å². The molecular formula is C26H30N2O4S. The third-order valence-corrected chi connectivity index (χ3v) is 7.46. The normalized spacial score (nSPS) is 12.2. The van der Waals surface area contributed by atoms with E-state index in [0.717, 1.165) is 28.0 Å². The molecule has 0 saturated heterocycles. The number of sulfonamides is 1. The molecule has 1 atom stereocenters. The first kappa shape index (κ1) is 24.3. The number of aryl methyl sites for hydroxylation is 3. The van der Waals surface area contributed by atoms with Gasteiger partial charge in [0.15, 0.2) is 0 Å². The highest BCUT2D eigenvalue weighted by atomic mass is 32.2. The van der Waals surface area contributed by atoms with Crippen molar-refractivity contribution in [2.24, 2.45) is 0 Å². The summed E-state index contributed by atoms with van der Waals surface area (Å²) in [7, 11) is -2.36. The zero-order valence-electron chi connectivity index (χ0n) is 19.6. The summed E-state index contributed by atoms with van der Waals surface area (Å²) in [6.07, 6.45) is 0. The van der Waals surface area contributed by atoms with Crippen LogP contribution in [0.4, 0.5) is 5.69 Å². The fourth-order valence-corrected chi connectivity index (χ4v) is 4.84. The summed E-state index contributed by atoms with van der Waals surface area (Å²) in [5, 5.41) is 2.91. The first-order valence-corrected chi connectivity index (χ1v) is 12.2. The number of carbonyl (C=O) groups excluding carboxylic acids is 1. The molecule has 0 radical (unpaired) electrons. The third kappa shape index (κ3) is 5.73. The Morgan fingerprint density at radius 1 is 0.939 bits per heavy atom. The molecule has 0 aliphatic rings. The predicted molar refractivity (Wildman–Crippen MR) is 131 cm³/mol. The average molecular weight is 467 g/mol. The van der Waals surface area contributed by atoms with Gasteiger partial charge in [-0.1, -0.05) is 35.9 Å². The second kappa shape index (κ2) is 10.1. The second-order valence-electron chi connectivity index (χ2n) is 8.16. The van der Waals surface area contributed by atoms with Gasteiger partial charge in [-0.05, 0) is 80.8 Å². The highest BCUT2D eigenvalue weighted by molar-refractivity contribution is 7.92. The number of nitrogens with zero attached hydrogens (tertiary/aromatic N) is 1. The minimum absolute atomic E-state index is 0.141. The van der Waals surface area contributed by atoms with Crippen molar-refractivity contribution < 1.29 is 17.9 Å². The zero-order valence-corrected chi connectivity index (χ0v) is 20.4. The first-order valence-electron chi connectivity index (χ1n) is 10.7.